The molecular weight excluding hydrogens is 348 g/mol. The van der Waals surface area contributed by atoms with Crippen molar-refractivity contribution in [1.82, 2.24) is 9.97 Å². The van der Waals surface area contributed by atoms with Crippen molar-refractivity contribution in [3.63, 3.8) is 0 Å². The largest absolute Gasteiger partial charge is 0.368 e. The van der Waals surface area contributed by atoms with E-state index in [0.29, 0.717) is 12.5 Å². The Hall–Kier alpha value is -1.66. The van der Waals surface area contributed by atoms with Crippen LogP contribution in [-0.4, -0.2) is 9.97 Å². The predicted molar refractivity (Wildman–Crippen MR) is 92.7 cm³/mol. The Morgan fingerprint density at radius 2 is 2.00 bits per heavy atom. The van der Waals surface area contributed by atoms with E-state index >= 15 is 0 Å². The van der Waals surface area contributed by atoms with E-state index in [4.69, 9.17) is 5.73 Å². The third kappa shape index (κ3) is 3.16. The minimum atomic E-state index is 0.310. The lowest BCUT2D eigenvalue weighted by atomic mass is 10.2. The van der Waals surface area contributed by atoms with Gasteiger partial charge in [-0.2, -0.15) is 4.98 Å². The van der Waals surface area contributed by atoms with E-state index in [2.05, 4.69) is 56.3 Å². The molecule has 2 heterocycles. The third-order valence-electron chi connectivity index (χ3n) is 3.18. The minimum absolute atomic E-state index is 0.310. The van der Waals surface area contributed by atoms with Crippen LogP contribution in [0.1, 0.15) is 17.4 Å². The first-order valence-corrected chi connectivity index (χ1v) is 8.31. The molecule has 0 atom stereocenters. The van der Waals surface area contributed by atoms with Crippen molar-refractivity contribution in [2.45, 2.75) is 19.9 Å². The maximum Gasteiger partial charge on any atom is 0.223 e. The van der Waals surface area contributed by atoms with Crippen molar-refractivity contribution in [1.29, 1.82) is 0 Å². The number of halogens is 1. The maximum absolute atomic E-state index is 5.80. The van der Waals surface area contributed by atoms with Crippen LogP contribution in [0.25, 0.3) is 10.2 Å². The quantitative estimate of drug-likeness (QED) is 0.729. The molecule has 0 saturated carbocycles. The molecule has 21 heavy (non-hydrogen) atoms. The topological polar surface area (TPSA) is 63.8 Å². The number of rotatable bonds is 4. The molecule has 108 valence electrons. The number of hydrogen-bond acceptors (Lipinski definition) is 5. The van der Waals surface area contributed by atoms with Gasteiger partial charge in [0.05, 0.1) is 5.39 Å². The fourth-order valence-electron chi connectivity index (χ4n) is 2.08. The predicted octanol–water partition coefficient (Wildman–Crippen LogP) is 4.21. The van der Waals surface area contributed by atoms with Crippen molar-refractivity contribution < 1.29 is 0 Å². The molecule has 3 aromatic rings. The van der Waals surface area contributed by atoms with Crippen LogP contribution in [0.15, 0.2) is 34.8 Å². The average Bonchev–Trinajstić information content (AvgIpc) is 2.89. The summed E-state index contributed by atoms with van der Waals surface area (Å²) >= 11 is 5.11. The van der Waals surface area contributed by atoms with Crippen LogP contribution in [0, 0.1) is 0 Å². The summed E-state index contributed by atoms with van der Waals surface area (Å²) in [6.07, 6.45) is 0.993. The normalized spacial score (nSPS) is 11.0. The molecule has 0 aliphatic heterocycles. The van der Waals surface area contributed by atoms with E-state index in [9.17, 15) is 0 Å². The summed E-state index contributed by atoms with van der Waals surface area (Å²) < 4.78 is 1.07. The highest BCUT2D eigenvalue weighted by Crippen LogP contribution is 2.30. The Morgan fingerprint density at radius 1 is 1.24 bits per heavy atom. The number of aryl methyl sites for hydroxylation is 1. The molecule has 0 spiro atoms. The molecule has 0 aliphatic carbocycles. The first-order valence-electron chi connectivity index (χ1n) is 6.70. The lowest BCUT2D eigenvalue weighted by Crippen LogP contribution is -2.04. The Balaban J connectivity index is 1.88. The van der Waals surface area contributed by atoms with Gasteiger partial charge in [0, 0.05) is 15.9 Å². The van der Waals surface area contributed by atoms with Gasteiger partial charge in [0.1, 0.15) is 10.6 Å². The smallest absolute Gasteiger partial charge is 0.223 e. The molecule has 3 rings (SSSR count). The Morgan fingerprint density at radius 3 is 2.71 bits per heavy atom. The van der Waals surface area contributed by atoms with Crippen molar-refractivity contribution in [2.75, 3.05) is 11.1 Å². The number of thiophene rings is 1. The van der Waals surface area contributed by atoms with Gasteiger partial charge in [0.15, 0.2) is 0 Å². The van der Waals surface area contributed by atoms with Gasteiger partial charge >= 0.3 is 0 Å². The number of aromatic nitrogens is 2. The van der Waals surface area contributed by atoms with E-state index in [1.165, 1.54) is 10.4 Å². The van der Waals surface area contributed by atoms with E-state index in [-0.39, 0.29) is 0 Å². The summed E-state index contributed by atoms with van der Waals surface area (Å²) in [5.74, 6) is 1.11. The summed E-state index contributed by atoms with van der Waals surface area (Å²) in [7, 11) is 0. The number of benzene rings is 1. The van der Waals surface area contributed by atoms with Crippen LogP contribution in [0.4, 0.5) is 11.8 Å². The standard InChI is InChI=1S/C15H15BrN4S/c1-2-11-7-12-13(19-15(17)20-14(12)21-11)18-8-9-3-5-10(16)6-4-9/h3-7H,2,8H2,1H3,(H3,17,18,19,20). The van der Waals surface area contributed by atoms with Crippen LogP contribution < -0.4 is 11.1 Å². The minimum Gasteiger partial charge on any atom is -0.368 e. The van der Waals surface area contributed by atoms with Crippen molar-refractivity contribution in [2.24, 2.45) is 0 Å². The first kappa shape index (κ1) is 14.3. The van der Waals surface area contributed by atoms with E-state index in [1.54, 1.807) is 11.3 Å². The molecule has 0 saturated heterocycles. The van der Waals surface area contributed by atoms with E-state index < -0.39 is 0 Å². The van der Waals surface area contributed by atoms with Crippen LogP contribution in [0.2, 0.25) is 0 Å². The third-order valence-corrected chi connectivity index (χ3v) is 4.88. The molecule has 0 aliphatic rings. The van der Waals surface area contributed by atoms with Gasteiger partial charge < -0.3 is 11.1 Å². The Kier molecular flexibility index (Phi) is 4.07. The zero-order valence-corrected chi connectivity index (χ0v) is 14.0. The lowest BCUT2D eigenvalue weighted by Gasteiger charge is -2.07. The van der Waals surface area contributed by atoms with Gasteiger partial charge in [-0.25, -0.2) is 4.98 Å². The van der Waals surface area contributed by atoms with Gasteiger partial charge in [0.25, 0.3) is 0 Å². The number of anilines is 2. The molecule has 1 aromatic carbocycles. The molecule has 6 heteroatoms. The molecule has 2 aromatic heterocycles. The van der Waals surface area contributed by atoms with Gasteiger partial charge in [-0.1, -0.05) is 35.0 Å². The summed E-state index contributed by atoms with van der Waals surface area (Å²) in [4.78, 5) is 10.9. The summed E-state index contributed by atoms with van der Waals surface area (Å²) in [6.45, 7) is 2.84. The van der Waals surface area contributed by atoms with Gasteiger partial charge in [-0.15, -0.1) is 11.3 Å². The number of nitrogens with one attached hydrogen (secondary N) is 1. The van der Waals surface area contributed by atoms with Crippen LogP contribution in [0.5, 0.6) is 0 Å². The van der Waals surface area contributed by atoms with E-state index in [0.717, 1.165) is 26.9 Å². The summed E-state index contributed by atoms with van der Waals surface area (Å²) in [6, 6.07) is 10.3. The zero-order chi connectivity index (χ0) is 14.8. The number of nitrogens with zero attached hydrogens (tertiary/aromatic N) is 2. The summed E-state index contributed by atoms with van der Waals surface area (Å²) in [5.41, 5.74) is 6.99. The second-order valence-corrected chi connectivity index (χ2v) is 6.73. The highest BCUT2D eigenvalue weighted by atomic mass is 79.9. The van der Waals surface area contributed by atoms with Gasteiger partial charge in [-0.05, 0) is 30.2 Å². The number of nitrogens with two attached hydrogens (primary N) is 1. The lowest BCUT2D eigenvalue weighted by molar-refractivity contribution is 1.11. The van der Waals surface area contributed by atoms with Crippen molar-refractivity contribution in [3.05, 3.63) is 45.2 Å². The van der Waals surface area contributed by atoms with Gasteiger partial charge in [0.2, 0.25) is 5.95 Å². The number of hydrogen-bond donors (Lipinski definition) is 2. The van der Waals surface area contributed by atoms with Crippen LogP contribution >= 0.6 is 27.3 Å². The van der Waals surface area contributed by atoms with E-state index in [1.807, 2.05) is 12.1 Å². The number of nitrogen functional groups attached to an aromatic ring is 1. The summed E-state index contributed by atoms with van der Waals surface area (Å²) in [5, 5.41) is 4.41. The number of fused-ring (bicyclic) bond motifs is 1. The highest BCUT2D eigenvalue weighted by molar-refractivity contribution is 9.10. The molecule has 0 unspecified atom stereocenters. The fraction of sp³-hybridized carbons (Fsp3) is 0.200. The van der Waals surface area contributed by atoms with Crippen LogP contribution in [-0.2, 0) is 13.0 Å². The average molecular weight is 363 g/mol. The molecule has 0 fully saturated rings. The molecule has 0 amide bonds. The second kappa shape index (κ2) is 5.99. The fourth-order valence-corrected chi connectivity index (χ4v) is 3.32. The molecule has 0 bridgehead atoms. The van der Waals surface area contributed by atoms with Gasteiger partial charge in [-0.3, -0.25) is 0 Å². The van der Waals surface area contributed by atoms with Crippen molar-refractivity contribution >= 4 is 49.2 Å². The molecule has 4 nitrogen and oxygen atoms in total. The SMILES string of the molecule is CCc1cc2c(NCc3ccc(Br)cc3)nc(N)nc2s1. The Bertz CT molecular complexity index is 767. The highest BCUT2D eigenvalue weighted by Gasteiger charge is 2.10. The Labute approximate surface area is 135 Å². The van der Waals surface area contributed by atoms with Crippen molar-refractivity contribution in [3.8, 4) is 0 Å². The zero-order valence-electron chi connectivity index (χ0n) is 11.6. The first-order chi connectivity index (χ1) is 10.2. The molecule has 3 N–H and O–H groups in total. The maximum atomic E-state index is 5.80. The monoisotopic (exact) mass is 362 g/mol. The molecular formula is C15H15BrN4S. The molecule has 0 radical (unpaired) electrons. The van der Waals surface area contributed by atoms with Crippen LogP contribution in [0.3, 0.4) is 0 Å². The second-order valence-electron chi connectivity index (χ2n) is 4.70.